The Balaban J connectivity index is 1.12. The molecule has 44 heavy (non-hydrogen) atoms. The number of hydrogen-bond donors (Lipinski definition) is 2. The molecule has 2 N–H and O–H groups in total. The maximum absolute atomic E-state index is 15.1. The lowest BCUT2D eigenvalue weighted by Gasteiger charge is -2.34. The molecule has 0 spiro atoms. The first-order valence-corrected chi connectivity index (χ1v) is 14.3. The number of rotatable bonds is 8. The van der Waals surface area contributed by atoms with Crippen LogP contribution in [0.4, 0.5) is 20.3 Å². The van der Waals surface area contributed by atoms with Gasteiger partial charge in [-0.05, 0) is 54.8 Å². The quantitative estimate of drug-likeness (QED) is 0.285. The standard InChI is InChI=1S/C31H31F2N7O4/c1-2-27(41)40-11-3-4-23(18-40)44-31(32,33)21-9-10-34-26(16-21)30(42)37-22-7-5-20(6-8-22)25-17-24-28(38-25)35-19-36-29(24)39-12-14-43-15-13-39/h2,5-10,16-17,19,23H,1,3-4,11-15,18H2,(H,37,42)(H,35,36,38). The Kier molecular flexibility index (Phi) is 8.31. The summed E-state index contributed by atoms with van der Waals surface area (Å²) in [7, 11) is 0. The summed E-state index contributed by atoms with van der Waals surface area (Å²) in [4.78, 5) is 44.6. The topological polar surface area (TPSA) is 126 Å². The Hall–Kier alpha value is -4.75. The normalized spacial score (nSPS) is 17.5. The number of carbonyl (C=O) groups is 2. The van der Waals surface area contributed by atoms with Crippen molar-refractivity contribution >= 4 is 34.4 Å². The van der Waals surface area contributed by atoms with Crippen LogP contribution in [0.15, 0.2) is 67.6 Å². The lowest BCUT2D eigenvalue weighted by molar-refractivity contribution is -0.278. The van der Waals surface area contributed by atoms with Crippen LogP contribution in [0.5, 0.6) is 0 Å². The molecule has 3 aromatic heterocycles. The number of H-pyrrole nitrogens is 1. The molecule has 6 rings (SSSR count). The Labute approximate surface area is 251 Å². The number of amides is 2. The molecule has 1 unspecified atom stereocenters. The van der Waals surface area contributed by atoms with Crippen molar-refractivity contribution in [3.63, 3.8) is 0 Å². The molecule has 13 heteroatoms. The minimum Gasteiger partial charge on any atom is -0.378 e. The van der Waals surface area contributed by atoms with Gasteiger partial charge < -0.3 is 29.6 Å². The van der Waals surface area contributed by atoms with Crippen LogP contribution in [0.25, 0.3) is 22.3 Å². The van der Waals surface area contributed by atoms with Gasteiger partial charge in [-0.3, -0.25) is 14.6 Å². The van der Waals surface area contributed by atoms with Crippen LogP contribution in [0, 0.1) is 0 Å². The third-order valence-corrected chi connectivity index (χ3v) is 7.68. The van der Waals surface area contributed by atoms with Crippen LogP contribution in [0.2, 0.25) is 0 Å². The zero-order valence-corrected chi connectivity index (χ0v) is 23.8. The summed E-state index contributed by atoms with van der Waals surface area (Å²) in [6.45, 7) is 6.74. The number of alkyl halides is 2. The largest absolute Gasteiger partial charge is 0.383 e. The summed E-state index contributed by atoms with van der Waals surface area (Å²) in [6.07, 6.45) is 0.202. The molecular weight excluding hydrogens is 572 g/mol. The molecule has 2 saturated heterocycles. The molecule has 0 saturated carbocycles. The van der Waals surface area contributed by atoms with E-state index in [-0.39, 0.29) is 18.1 Å². The summed E-state index contributed by atoms with van der Waals surface area (Å²) < 4.78 is 40.8. The number of fused-ring (bicyclic) bond motifs is 1. The van der Waals surface area contributed by atoms with Crippen molar-refractivity contribution in [3.05, 3.63) is 78.9 Å². The first-order chi connectivity index (χ1) is 21.3. The fourth-order valence-corrected chi connectivity index (χ4v) is 5.41. The Morgan fingerprint density at radius 3 is 2.66 bits per heavy atom. The van der Waals surface area contributed by atoms with E-state index in [4.69, 9.17) is 9.47 Å². The van der Waals surface area contributed by atoms with Gasteiger partial charge in [-0.25, -0.2) is 9.97 Å². The summed E-state index contributed by atoms with van der Waals surface area (Å²) in [6, 6.07) is 11.2. The van der Waals surface area contributed by atoms with Gasteiger partial charge in [-0.1, -0.05) is 18.7 Å². The third kappa shape index (κ3) is 6.29. The van der Waals surface area contributed by atoms with Gasteiger partial charge in [0.2, 0.25) is 5.91 Å². The molecule has 1 aromatic carbocycles. The molecule has 11 nitrogen and oxygen atoms in total. The molecule has 228 valence electrons. The third-order valence-electron chi connectivity index (χ3n) is 7.68. The fourth-order valence-electron chi connectivity index (χ4n) is 5.41. The molecule has 2 fully saturated rings. The van der Waals surface area contributed by atoms with E-state index in [1.807, 2.05) is 18.2 Å². The van der Waals surface area contributed by atoms with Crippen molar-refractivity contribution in [2.75, 3.05) is 49.6 Å². The number of anilines is 2. The Morgan fingerprint density at radius 1 is 1.09 bits per heavy atom. The van der Waals surface area contributed by atoms with Crippen LogP contribution in [0.1, 0.15) is 28.9 Å². The van der Waals surface area contributed by atoms with E-state index in [0.717, 1.165) is 60.0 Å². The van der Waals surface area contributed by atoms with Crippen molar-refractivity contribution in [2.45, 2.75) is 25.1 Å². The van der Waals surface area contributed by atoms with Crippen molar-refractivity contribution in [1.29, 1.82) is 0 Å². The lowest BCUT2D eigenvalue weighted by atomic mass is 10.1. The zero-order chi connectivity index (χ0) is 30.7. The number of carbonyl (C=O) groups excluding carboxylic acids is 2. The number of pyridine rings is 1. The number of aromatic amines is 1. The van der Waals surface area contributed by atoms with E-state index in [1.165, 1.54) is 11.2 Å². The van der Waals surface area contributed by atoms with E-state index in [1.54, 1.807) is 12.1 Å². The van der Waals surface area contributed by atoms with Crippen LogP contribution >= 0.6 is 0 Å². The van der Waals surface area contributed by atoms with Crippen molar-refractivity contribution in [2.24, 2.45) is 0 Å². The molecule has 0 bridgehead atoms. The van der Waals surface area contributed by atoms with Gasteiger partial charge in [0.05, 0.1) is 30.3 Å². The van der Waals surface area contributed by atoms with Crippen LogP contribution in [-0.2, 0) is 20.4 Å². The van der Waals surface area contributed by atoms with Crippen LogP contribution in [0.3, 0.4) is 0 Å². The van der Waals surface area contributed by atoms with Gasteiger partial charge in [0.25, 0.3) is 5.91 Å². The first kappa shape index (κ1) is 29.3. The minimum atomic E-state index is -3.68. The summed E-state index contributed by atoms with van der Waals surface area (Å²) >= 11 is 0. The highest BCUT2D eigenvalue weighted by Crippen LogP contribution is 2.33. The van der Waals surface area contributed by atoms with Gasteiger partial charge in [-0.2, -0.15) is 8.78 Å². The Bertz CT molecular complexity index is 1670. The number of nitrogens with zero attached hydrogens (tertiary/aromatic N) is 5. The molecule has 0 aliphatic carbocycles. The number of hydrogen-bond acceptors (Lipinski definition) is 8. The summed E-state index contributed by atoms with van der Waals surface area (Å²) in [5.41, 5.74) is 2.19. The molecule has 1 atom stereocenters. The lowest BCUT2D eigenvalue weighted by Crippen LogP contribution is -2.44. The molecule has 0 radical (unpaired) electrons. The van der Waals surface area contributed by atoms with Crippen molar-refractivity contribution in [1.82, 2.24) is 24.8 Å². The Morgan fingerprint density at radius 2 is 1.89 bits per heavy atom. The second-order valence-electron chi connectivity index (χ2n) is 10.6. The van der Waals surface area contributed by atoms with Gasteiger partial charge in [0, 0.05) is 43.8 Å². The predicted molar refractivity (Wildman–Crippen MR) is 159 cm³/mol. The maximum atomic E-state index is 15.1. The maximum Gasteiger partial charge on any atom is 0.383 e. The number of benzene rings is 1. The van der Waals surface area contributed by atoms with E-state index in [2.05, 4.69) is 36.7 Å². The number of halogens is 2. The van der Waals surface area contributed by atoms with E-state index < -0.39 is 23.7 Å². The van der Waals surface area contributed by atoms with Gasteiger partial charge >= 0.3 is 6.11 Å². The molecule has 5 heterocycles. The smallest absolute Gasteiger partial charge is 0.378 e. The van der Waals surface area contributed by atoms with Crippen LogP contribution < -0.4 is 10.2 Å². The fraction of sp³-hybridized carbons (Fsp3) is 0.323. The second kappa shape index (κ2) is 12.5. The van der Waals surface area contributed by atoms with Crippen LogP contribution in [-0.4, -0.2) is 82.1 Å². The monoisotopic (exact) mass is 603 g/mol. The van der Waals surface area contributed by atoms with Gasteiger partial charge in [-0.15, -0.1) is 0 Å². The summed E-state index contributed by atoms with van der Waals surface area (Å²) in [5.74, 6) is -0.128. The number of aromatic nitrogens is 4. The highest BCUT2D eigenvalue weighted by Gasteiger charge is 2.38. The minimum absolute atomic E-state index is 0.0375. The van der Waals surface area contributed by atoms with E-state index in [0.29, 0.717) is 43.9 Å². The van der Waals surface area contributed by atoms with Crippen molar-refractivity contribution in [3.8, 4) is 11.3 Å². The number of likely N-dealkylation sites (tertiary alicyclic amines) is 1. The highest BCUT2D eigenvalue weighted by molar-refractivity contribution is 6.03. The number of piperidine rings is 1. The van der Waals surface area contributed by atoms with Crippen molar-refractivity contribution < 1.29 is 27.8 Å². The SMILES string of the molecule is C=CC(=O)N1CCCC(OC(F)(F)c2ccnc(C(=O)Nc3ccc(-c4cc5c(N6CCOCC6)ncnc5[nH]4)cc3)c2)C1. The van der Waals surface area contributed by atoms with E-state index in [9.17, 15) is 9.59 Å². The number of ether oxygens (including phenoxy) is 2. The molecular formula is C31H31F2N7O4. The van der Waals surface area contributed by atoms with E-state index >= 15 is 8.78 Å². The molecule has 4 aromatic rings. The first-order valence-electron chi connectivity index (χ1n) is 14.3. The highest BCUT2D eigenvalue weighted by atomic mass is 19.3. The predicted octanol–water partition coefficient (Wildman–Crippen LogP) is 4.35. The zero-order valence-electron chi connectivity index (χ0n) is 23.8. The second-order valence-corrected chi connectivity index (χ2v) is 10.6. The average Bonchev–Trinajstić information content (AvgIpc) is 3.50. The molecule has 2 aliphatic heterocycles. The summed E-state index contributed by atoms with van der Waals surface area (Å²) in [5, 5.41) is 3.61. The number of morpholine rings is 1. The average molecular weight is 604 g/mol. The number of nitrogens with one attached hydrogen (secondary N) is 2. The van der Waals surface area contributed by atoms with Gasteiger partial charge in [0.15, 0.2) is 0 Å². The molecule has 2 amide bonds. The van der Waals surface area contributed by atoms with Gasteiger partial charge in [0.1, 0.15) is 23.5 Å². The molecule has 2 aliphatic rings.